The molecule has 20 heavy (non-hydrogen) atoms. The van der Waals surface area contributed by atoms with Crippen molar-refractivity contribution in [1.82, 2.24) is 9.55 Å². The second-order valence-corrected chi connectivity index (χ2v) is 4.35. The van der Waals surface area contributed by atoms with E-state index in [1.54, 1.807) is 7.11 Å². The quantitative estimate of drug-likeness (QED) is 0.861. The van der Waals surface area contributed by atoms with Gasteiger partial charge in [-0.2, -0.15) is 0 Å². The zero-order valence-electron chi connectivity index (χ0n) is 11.9. The Kier molecular flexibility index (Phi) is 4.80. The van der Waals surface area contributed by atoms with Crippen molar-refractivity contribution >= 4 is 0 Å². The first-order valence-electron chi connectivity index (χ1n) is 6.64. The van der Waals surface area contributed by atoms with E-state index in [0.29, 0.717) is 6.54 Å². The summed E-state index contributed by atoms with van der Waals surface area (Å²) in [4.78, 5) is 4.34. The number of imidazole rings is 1. The molecule has 1 aromatic heterocycles. The maximum Gasteiger partial charge on any atom is 0.119 e. The van der Waals surface area contributed by atoms with Crippen molar-refractivity contribution in [2.24, 2.45) is 5.73 Å². The standard InChI is InChI=1S/C16H19N3O/c1-3-16-18-9-10-19(16)12-14-11-15(20-2)7-6-13(14)5-4-8-17/h6-7,9-11H,3,8,12,17H2,1-2H3. The molecule has 2 rings (SSSR count). The summed E-state index contributed by atoms with van der Waals surface area (Å²) in [7, 11) is 1.67. The minimum atomic E-state index is 0.358. The smallest absolute Gasteiger partial charge is 0.119 e. The van der Waals surface area contributed by atoms with Crippen molar-refractivity contribution in [2.75, 3.05) is 13.7 Å². The molecule has 0 bridgehead atoms. The topological polar surface area (TPSA) is 53.1 Å². The number of ether oxygens (including phenoxy) is 1. The van der Waals surface area contributed by atoms with E-state index < -0.39 is 0 Å². The molecule has 2 N–H and O–H groups in total. The summed E-state index contributed by atoms with van der Waals surface area (Å²) in [6, 6.07) is 5.90. The molecule has 0 aliphatic heterocycles. The van der Waals surface area contributed by atoms with Crippen LogP contribution in [0.2, 0.25) is 0 Å². The van der Waals surface area contributed by atoms with Crippen molar-refractivity contribution in [2.45, 2.75) is 19.9 Å². The van der Waals surface area contributed by atoms with Crippen LogP contribution in [-0.2, 0) is 13.0 Å². The molecular formula is C16H19N3O. The zero-order chi connectivity index (χ0) is 14.4. The number of nitrogens with two attached hydrogens (primary N) is 1. The maximum atomic E-state index is 5.45. The summed E-state index contributed by atoms with van der Waals surface area (Å²) in [5, 5.41) is 0. The number of benzene rings is 1. The Labute approximate surface area is 119 Å². The molecule has 0 aliphatic carbocycles. The van der Waals surface area contributed by atoms with Gasteiger partial charge in [-0.15, -0.1) is 0 Å². The number of aromatic nitrogens is 2. The van der Waals surface area contributed by atoms with E-state index in [1.165, 1.54) is 0 Å². The minimum Gasteiger partial charge on any atom is -0.497 e. The fourth-order valence-corrected chi connectivity index (χ4v) is 2.08. The molecule has 0 unspecified atom stereocenters. The van der Waals surface area contributed by atoms with Gasteiger partial charge in [-0.25, -0.2) is 4.98 Å². The van der Waals surface area contributed by atoms with Gasteiger partial charge in [0.25, 0.3) is 0 Å². The number of aryl methyl sites for hydroxylation is 1. The Bertz CT molecular complexity index is 635. The first kappa shape index (κ1) is 14.2. The van der Waals surface area contributed by atoms with Crippen molar-refractivity contribution in [3.63, 3.8) is 0 Å². The van der Waals surface area contributed by atoms with E-state index in [4.69, 9.17) is 10.5 Å². The predicted octanol–water partition coefficient (Wildman–Crippen LogP) is 1.81. The van der Waals surface area contributed by atoms with E-state index in [2.05, 4.69) is 28.3 Å². The van der Waals surface area contributed by atoms with Crippen LogP contribution in [0.5, 0.6) is 5.75 Å². The summed E-state index contributed by atoms with van der Waals surface area (Å²) in [5.74, 6) is 7.90. The third-order valence-electron chi connectivity index (χ3n) is 3.10. The van der Waals surface area contributed by atoms with Crippen LogP contribution in [0.3, 0.4) is 0 Å². The van der Waals surface area contributed by atoms with Crippen LogP contribution < -0.4 is 10.5 Å². The SMILES string of the molecule is CCc1nccn1Cc1cc(OC)ccc1C#CCN. The average molecular weight is 269 g/mol. The van der Waals surface area contributed by atoms with Crippen LogP contribution in [0.1, 0.15) is 23.9 Å². The van der Waals surface area contributed by atoms with Gasteiger partial charge >= 0.3 is 0 Å². The fraction of sp³-hybridized carbons (Fsp3) is 0.312. The highest BCUT2D eigenvalue weighted by atomic mass is 16.5. The summed E-state index contributed by atoms with van der Waals surface area (Å²) in [6.45, 7) is 3.19. The second-order valence-electron chi connectivity index (χ2n) is 4.35. The normalized spacial score (nSPS) is 9.95. The van der Waals surface area contributed by atoms with Gasteiger partial charge < -0.3 is 15.0 Å². The predicted molar refractivity (Wildman–Crippen MR) is 79.6 cm³/mol. The second kappa shape index (κ2) is 6.78. The van der Waals surface area contributed by atoms with E-state index in [0.717, 1.165) is 35.7 Å². The molecule has 104 valence electrons. The monoisotopic (exact) mass is 269 g/mol. The third kappa shape index (κ3) is 3.19. The van der Waals surface area contributed by atoms with Gasteiger partial charge in [0.2, 0.25) is 0 Å². The van der Waals surface area contributed by atoms with Crippen LogP contribution >= 0.6 is 0 Å². The Morgan fingerprint density at radius 3 is 2.95 bits per heavy atom. The zero-order valence-corrected chi connectivity index (χ0v) is 11.9. The molecule has 1 aromatic carbocycles. The molecule has 0 spiro atoms. The van der Waals surface area contributed by atoms with Crippen LogP contribution in [0.4, 0.5) is 0 Å². The molecule has 4 heteroatoms. The highest BCUT2D eigenvalue weighted by Crippen LogP contribution is 2.19. The van der Waals surface area contributed by atoms with Crippen molar-refractivity contribution in [3.05, 3.63) is 47.5 Å². The van der Waals surface area contributed by atoms with E-state index >= 15 is 0 Å². The van der Waals surface area contributed by atoms with Gasteiger partial charge in [0.05, 0.1) is 20.2 Å². The van der Waals surface area contributed by atoms with Gasteiger partial charge in [-0.1, -0.05) is 18.8 Å². The van der Waals surface area contributed by atoms with Gasteiger partial charge in [0, 0.05) is 24.4 Å². The molecular weight excluding hydrogens is 250 g/mol. The lowest BCUT2D eigenvalue weighted by atomic mass is 10.1. The molecule has 0 fully saturated rings. The molecule has 4 nitrogen and oxygen atoms in total. The van der Waals surface area contributed by atoms with E-state index in [1.807, 2.05) is 30.6 Å². The molecule has 0 aliphatic rings. The summed E-state index contributed by atoms with van der Waals surface area (Å²) >= 11 is 0. The highest BCUT2D eigenvalue weighted by Gasteiger charge is 2.06. The Hall–Kier alpha value is -2.25. The van der Waals surface area contributed by atoms with Crippen LogP contribution in [0.25, 0.3) is 0 Å². The largest absolute Gasteiger partial charge is 0.497 e. The highest BCUT2D eigenvalue weighted by molar-refractivity contribution is 5.45. The Morgan fingerprint density at radius 1 is 1.40 bits per heavy atom. The van der Waals surface area contributed by atoms with Gasteiger partial charge in [0.1, 0.15) is 11.6 Å². The fourth-order valence-electron chi connectivity index (χ4n) is 2.08. The number of hydrogen-bond acceptors (Lipinski definition) is 3. The molecule has 0 radical (unpaired) electrons. The lowest BCUT2D eigenvalue weighted by molar-refractivity contribution is 0.414. The summed E-state index contributed by atoms with van der Waals surface area (Å²) in [5.41, 5.74) is 7.54. The van der Waals surface area contributed by atoms with Crippen molar-refractivity contribution in [1.29, 1.82) is 0 Å². The van der Waals surface area contributed by atoms with Gasteiger partial charge in [-0.05, 0) is 23.8 Å². The molecule has 0 amide bonds. The molecule has 1 heterocycles. The van der Waals surface area contributed by atoms with Crippen LogP contribution in [-0.4, -0.2) is 23.2 Å². The van der Waals surface area contributed by atoms with Crippen LogP contribution in [0, 0.1) is 11.8 Å². The molecule has 2 aromatic rings. The first-order chi connectivity index (χ1) is 9.78. The molecule has 0 saturated heterocycles. The van der Waals surface area contributed by atoms with Crippen molar-refractivity contribution < 1.29 is 4.74 Å². The Morgan fingerprint density at radius 2 is 2.25 bits per heavy atom. The number of rotatable bonds is 4. The molecule has 0 saturated carbocycles. The number of hydrogen-bond donors (Lipinski definition) is 1. The van der Waals surface area contributed by atoms with Crippen LogP contribution in [0.15, 0.2) is 30.6 Å². The lowest BCUT2D eigenvalue weighted by Gasteiger charge is -2.10. The Balaban J connectivity index is 2.37. The lowest BCUT2D eigenvalue weighted by Crippen LogP contribution is -2.05. The first-order valence-corrected chi connectivity index (χ1v) is 6.64. The van der Waals surface area contributed by atoms with E-state index in [9.17, 15) is 0 Å². The van der Waals surface area contributed by atoms with E-state index in [-0.39, 0.29) is 0 Å². The van der Waals surface area contributed by atoms with Gasteiger partial charge in [-0.3, -0.25) is 0 Å². The number of methoxy groups -OCH3 is 1. The minimum absolute atomic E-state index is 0.358. The maximum absolute atomic E-state index is 5.45. The van der Waals surface area contributed by atoms with Crippen molar-refractivity contribution in [3.8, 4) is 17.6 Å². The average Bonchev–Trinajstić information content (AvgIpc) is 2.93. The summed E-state index contributed by atoms with van der Waals surface area (Å²) in [6.07, 6.45) is 4.71. The molecule has 0 atom stereocenters. The summed E-state index contributed by atoms with van der Waals surface area (Å²) < 4.78 is 7.42. The third-order valence-corrected chi connectivity index (χ3v) is 3.10. The van der Waals surface area contributed by atoms with Gasteiger partial charge in [0.15, 0.2) is 0 Å². The number of nitrogens with zero attached hydrogens (tertiary/aromatic N) is 2.